The van der Waals surface area contributed by atoms with Gasteiger partial charge in [0.1, 0.15) is 17.8 Å². The van der Waals surface area contributed by atoms with Crippen LogP contribution in [0.15, 0.2) is 60.9 Å². The van der Waals surface area contributed by atoms with Gasteiger partial charge in [-0.1, -0.05) is 17.7 Å². The van der Waals surface area contributed by atoms with Crippen molar-refractivity contribution in [1.29, 1.82) is 0 Å². The fourth-order valence-electron chi connectivity index (χ4n) is 3.19. The molecule has 0 saturated carbocycles. The molecule has 4 rings (SSSR count). The first-order valence-corrected chi connectivity index (χ1v) is 10.3. The van der Waals surface area contributed by atoms with Gasteiger partial charge in [0.25, 0.3) is 5.91 Å². The van der Waals surface area contributed by atoms with Crippen LogP contribution < -0.4 is 14.8 Å². The van der Waals surface area contributed by atoms with Gasteiger partial charge >= 0.3 is 0 Å². The van der Waals surface area contributed by atoms with Gasteiger partial charge in [0.15, 0.2) is 17.6 Å². The van der Waals surface area contributed by atoms with Gasteiger partial charge in [0.2, 0.25) is 0 Å². The van der Waals surface area contributed by atoms with Crippen LogP contribution in [0.5, 0.6) is 11.5 Å². The Morgan fingerprint density at radius 2 is 1.72 bits per heavy atom. The van der Waals surface area contributed by atoms with Crippen molar-refractivity contribution in [3.63, 3.8) is 0 Å². The highest BCUT2D eigenvalue weighted by Crippen LogP contribution is 2.22. The summed E-state index contributed by atoms with van der Waals surface area (Å²) in [4.78, 5) is 21.6. The van der Waals surface area contributed by atoms with E-state index in [4.69, 9.17) is 9.47 Å². The Bertz CT molecular complexity index is 1220. The first-order chi connectivity index (χ1) is 15.4. The first kappa shape index (κ1) is 21.3. The van der Waals surface area contributed by atoms with Gasteiger partial charge < -0.3 is 14.8 Å². The van der Waals surface area contributed by atoms with Crippen molar-refractivity contribution in [3.05, 3.63) is 72.3 Å². The molecule has 8 nitrogen and oxygen atoms in total. The molecule has 0 radical (unpaired) electrons. The Hall–Kier alpha value is -3.94. The Balaban J connectivity index is 1.45. The molecule has 164 valence electrons. The van der Waals surface area contributed by atoms with Crippen LogP contribution in [0.3, 0.4) is 0 Å². The second-order valence-electron chi connectivity index (χ2n) is 7.58. The van der Waals surface area contributed by atoms with Gasteiger partial charge in [-0.15, -0.1) is 5.10 Å². The molecule has 8 heteroatoms. The van der Waals surface area contributed by atoms with Gasteiger partial charge in [-0.25, -0.2) is 14.5 Å². The van der Waals surface area contributed by atoms with Crippen LogP contribution in [0, 0.1) is 6.92 Å². The summed E-state index contributed by atoms with van der Waals surface area (Å²) in [5, 5.41) is 7.36. The molecule has 2 aromatic carbocycles. The fraction of sp³-hybridized carbons (Fsp3) is 0.250. The number of methoxy groups -OCH3 is 1. The van der Waals surface area contributed by atoms with E-state index in [9.17, 15) is 4.79 Å². The number of hydrogen-bond acceptors (Lipinski definition) is 6. The molecule has 1 unspecified atom stereocenters. The van der Waals surface area contributed by atoms with E-state index in [1.165, 1.54) is 0 Å². The van der Waals surface area contributed by atoms with Crippen molar-refractivity contribution < 1.29 is 14.3 Å². The van der Waals surface area contributed by atoms with Crippen molar-refractivity contribution in [3.8, 4) is 22.8 Å². The lowest BCUT2D eigenvalue weighted by molar-refractivity contribution is -0.128. The molecule has 2 heterocycles. The highest BCUT2D eigenvalue weighted by molar-refractivity contribution is 5.81. The maximum absolute atomic E-state index is 12.6. The molecule has 0 aliphatic heterocycles. The van der Waals surface area contributed by atoms with Crippen molar-refractivity contribution in [2.24, 2.45) is 0 Å². The number of hydrogen-bond donors (Lipinski definition) is 1. The monoisotopic (exact) mass is 431 g/mol. The van der Waals surface area contributed by atoms with Gasteiger partial charge in [-0.2, -0.15) is 0 Å². The maximum Gasteiger partial charge on any atom is 0.261 e. The molecule has 2 aromatic heterocycles. The van der Waals surface area contributed by atoms with Gasteiger partial charge in [-0.3, -0.25) is 4.79 Å². The number of benzene rings is 2. The summed E-state index contributed by atoms with van der Waals surface area (Å²) < 4.78 is 12.5. The largest absolute Gasteiger partial charge is 0.497 e. The number of fused-ring (bicyclic) bond motifs is 1. The lowest BCUT2D eigenvalue weighted by atomic mass is 10.1. The molecule has 0 saturated heterocycles. The predicted molar refractivity (Wildman–Crippen MR) is 121 cm³/mol. The van der Waals surface area contributed by atoms with E-state index in [0.717, 1.165) is 22.6 Å². The summed E-state index contributed by atoms with van der Waals surface area (Å²) in [6, 6.07) is 16.7. The second-order valence-corrected chi connectivity index (χ2v) is 7.58. The summed E-state index contributed by atoms with van der Waals surface area (Å²) in [7, 11) is 1.63. The third-order valence-corrected chi connectivity index (χ3v) is 5.08. The lowest BCUT2D eigenvalue weighted by Crippen LogP contribution is -2.38. The number of ether oxygens (including phenoxy) is 2. The zero-order chi connectivity index (χ0) is 22.7. The molecule has 1 N–H and O–H groups in total. The smallest absolute Gasteiger partial charge is 0.261 e. The molecule has 0 bridgehead atoms. The third kappa shape index (κ3) is 4.69. The van der Waals surface area contributed by atoms with E-state index in [0.29, 0.717) is 17.2 Å². The zero-order valence-electron chi connectivity index (χ0n) is 18.4. The average Bonchev–Trinajstić information content (AvgIpc) is 3.24. The number of nitrogens with zero attached hydrogens (tertiary/aromatic N) is 4. The summed E-state index contributed by atoms with van der Waals surface area (Å²) in [5.41, 5.74) is 3.49. The van der Waals surface area contributed by atoms with Gasteiger partial charge in [-0.05, 0) is 57.2 Å². The topological polar surface area (TPSA) is 90.6 Å². The van der Waals surface area contributed by atoms with E-state index in [1.54, 1.807) is 24.9 Å². The van der Waals surface area contributed by atoms with E-state index < -0.39 is 12.1 Å². The molecule has 4 aromatic rings. The number of carbonyl (C=O) groups excluding carboxylic acids is 1. The third-order valence-electron chi connectivity index (χ3n) is 5.08. The number of nitrogens with one attached hydrogen (secondary N) is 1. The summed E-state index contributed by atoms with van der Waals surface area (Å²) in [5.74, 6) is 1.68. The summed E-state index contributed by atoms with van der Waals surface area (Å²) in [6.07, 6.45) is 0.962. The summed E-state index contributed by atoms with van der Waals surface area (Å²) in [6.45, 7) is 5.55. The fourth-order valence-corrected chi connectivity index (χ4v) is 3.19. The van der Waals surface area contributed by atoms with Crippen LogP contribution in [0.2, 0.25) is 0 Å². The predicted octanol–water partition coefficient (Wildman–Crippen LogP) is 3.75. The van der Waals surface area contributed by atoms with Crippen LogP contribution >= 0.6 is 0 Å². The number of amides is 1. The Labute approximate surface area is 186 Å². The molecule has 0 fully saturated rings. The molecular weight excluding hydrogens is 406 g/mol. The van der Waals surface area contributed by atoms with Crippen LogP contribution in [-0.4, -0.2) is 38.7 Å². The lowest BCUT2D eigenvalue weighted by Gasteiger charge is -2.17. The van der Waals surface area contributed by atoms with E-state index >= 15 is 0 Å². The maximum atomic E-state index is 12.6. The van der Waals surface area contributed by atoms with Crippen molar-refractivity contribution in [2.45, 2.75) is 32.9 Å². The highest BCUT2D eigenvalue weighted by Gasteiger charge is 2.20. The number of aryl methyl sites for hydroxylation is 1. The van der Waals surface area contributed by atoms with E-state index in [-0.39, 0.29) is 5.91 Å². The van der Waals surface area contributed by atoms with Crippen LogP contribution in [0.4, 0.5) is 0 Å². The Morgan fingerprint density at radius 3 is 2.41 bits per heavy atom. The minimum absolute atomic E-state index is 0.242. The molecule has 32 heavy (non-hydrogen) atoms. The van der Waals surface area contributed by atoms with Crippen molar-refractivity contribution in [2.75, 3.05) is 7.11 Å². The molecule has 2 atom stereocenters. The Morgan fingerprint density at radius 1 is 1.03 bits per heavy atom. The van der Waals surface area contributed by atoms with Crippen LogP contribution in [0.1, 0.15) is 31.3 Å². The SMILES string of the molecule is COc1ccc(-c2cc3nc([C@@H](C)NC(=O)C(C)Oc4ccc(C)cc4)nn3cn2)cc1. The Kier molecular flexibility index (Phi) is 6.02. The molecule has 0 aliphatic rings. The standard InChI is InChI=1S/C24H25N5O3/c1-15-5-9-20(10-6-15)32-17(3)24(30)26-16(2)23-27-22-13-21(25-14-29(22)28-23)18-7-11-19(31-4)12-8-18/h5-14,16-17H,1-4H3,(H,26,30)/t16-,17?/m1/s1. The van der Waals surface area contributed by atoms with E-state index in [1.807, 2.05) is 68.4 Å². The number of carbonyl (C=O) groups is 1. The summed E-state index contributed by atoms with van der Waals surface area (Å²) >= 11 is 0. The van der Waals surface area contributed by atoms with Crippen LogP contribution in [-0.2, 0) is 4.79 Å². The molecular formula is C24H25N5O3. The normalized spacial score (nSPS) is 12.9. The highest BCUT2D eigenvalue weighted by atomic mass is 16.5. The van der Waals surface area contributed by atoms with Crippen LogP contribution in [0.25, 0.3) is 16.9 Å². The first-order valence-electron chi connectivity index (χ1n) is 10.3. The number of aromatic nitrogens is 4. The van der Waals surface area contributed by atoms with Crippen molar-refractivity contribution >= 4 is 11.6 Å². The minimum Gasteiger partial charge on any atom is -0.497 e. The average molecular weight is 431 g/mol. The molecule has 0 spiro atoms. The van der Waals surface area contributed by atoms with E-state index in [2.05, 4.69) is 20.4 Å². The second kappa shape index (κ2) is 9.05. The van der Waals surface area contributed by atoms with Gasteiger partial charge in [0, 0.05) is 11.6 Å². The molecule has 0 aliphatic carbocycles. The minimum atomic E-state index is -0.652. The van der Waals surface area contributed by atoms with Gasteiger partial charge in [0.05, 0.1) is 18.8 Å². The quantitative estimate of drug-likeness (QED) is 0.479. The number of rotatable bonds is 7. The van der Waals surface area contributed by atoms with Crippen molar-refractivity contribution in [1.82, 2.24) is 24.9 Å². The molecule has 1 amide bonds. The zero-order valence-corrected chi connectivity index (χ0v) is 18.4.